The Kier molecular flexibility index (Phi) is 5.91. The lowest BCUT2D eigenvalue weighted by atomic mass is 9.95. The van der Waals surface area contributed by atoms with Crippen LogP contribution in [-0.2, 0) is 6.18 Å². The van der Waals surface area contributed by atoms with Gasteiger partial charge in [-0.3, -0.25) is 4.79 Å². The molecule has 5 rings (SSSR count). The number of benzene rings is 2. The van der Waals surface area contributed by atoms with E-state index < -0.39 is 11.7 Å². The van der Waals surface area contributed by atoms with Crippen molar-refractivity contribution in [3.8, 4) is 21.7 Å². The summed E-state index contributed by atoms with van der Waals surface area (Å²) in [6.45, 7) is 0. The number of alkyl halides is 3. The number of hydrogen-bond acceptors (Lipinski definition) is 3. The van der Waals surface area contributed by atoms with Gasteiger partial charge in [0.15, 0.2) is 5.01 Å². The number of carbonyl (C=O) groups excluding carboxylic acids is 1. The van der Waals surface area contributed by atoms with Crippen LogP contribution in [0.2, 0.25) is 10.0 Å². The average Bonchev–Trinajstić information content (AvgIpc) is 3.49. The number of thiazole rings is 1. The normalized spacial score (nSPS) is 22.0. The van der Waals surface area contributed by atoms with Crippen molar-refractivity contribution in [3.05, 3.63) is 63.1 Å². The average molecular weight is 511 g/mol. The van der Waals surface area contributed by atoms with Crippen LogP contribution in [0, 0.1) is 11.8 Å². The van der Waals surface area contributed by atoms with E-state index in [4.69, 9.17) is 23.2 Å². The maximum atomic E-state index is 13.1. The van der Waals surface area contributed by atoms with Gasteiger partial charge in [0.05, 0.1) is 21.2 Å². The van der Waals surface area contributed by atoms with Crippen molar-refractivity contribution in [2.24, 2.45) is 11.8 Å². The highest BCUT2D eigenvalue weighted by Gasteiger charge is 2.40. The van der Waals surface area contributed by atoms with Gasteiger partial charge >= 0.3 is 6.18 Å². The van der Waals surface area contributed by atoms with E-state index in [0.29, 0.717) is 43.6 Å². The van der Waals surface area contributed by atoms with Gasteiger partial charge in [0.1, 0.15) is 0 Å². The van der Waals surface area contributed by atoms with Crippen molar-refractivity contribution < 1.29 is 18.0 Å². The number of aromatic nitrogens is 1. The highest BCUT2D eigenvalue weighted by molar-refractivity contribution is 7.17. The number of rotatable bonds is 4. The van der Waals surface area contributed by atoms with Crippen LogP contribution in [0.15, 0.2) is 42.5 Å². The van der Waals surface area contributed by atoms with Crippen LogP contribution in [-0.4, -0.2) is 16.9 Å². The Morgan fingerprint density at radius 2 is 1.82 bits per heavy atom. The number of hydrogen-bond donors (Lipinski definition) is 1. The molecule has 3 unspecified atom stereocenters. The van der Waals surface area contributed by atoms with Crippen LogP contribution in [0.5, 0.6) is 0 Å². The first-order chi connectivity index (χ1) is 15.7. The molecule has 33 heavy (non-hydrogen) atoms. The largest absolute Gasteiger partial charge is 0.416 e. The van der Waals surface area contributed by atoms with Crippen molar-refractivity contribution in [2.75, 3.05) is 0 Å². The van der Waals surface area contributed by atoms with Gasteiger partial charge in [-0.25, -0.2) is 4.98 Å². The lowest BCUT2D eigenvalue weighted by molar-refractivity contribution is -0.137. The molecule has 2 saturated carbocycles. The third kappa shape index (κ3) is 4.51. The molecule has 3 aromatic rings. The van der Waals surface area contributed by atoms with Crippen LogP contribution in [0.3, 0.4) is 0 Å². The molecule has 2 aromatic carbocycles. The molecule has 2 aliphatic carbocycles. The molecule has 1 heterocycles. The van der Waals surface area contributed by atoms with E-state index in [-0.39, 0.29) is 17.0 Å². The minimum Gasteiger partial charge on any atom is -0.347 e. The first kappa shape index (κ1) is 22.7. The zero-order chi connectivity index (χ0) is 23.3. The van der Waals surface area contributed by atoms with Gasteiger partial charge in [0.25, 0.3) is 5.91 Å². The summed E-state index contributed by atoms with van der Waals surface area (Å²) in [7, 11) is 0. The second kappa shape index (κ2) is 8.60. The smallest absolute Gasteiger partial charge is 0.347 e. The summed E-state index contributed by atoms with van der Waals surface area (Å²) in [6.07, 6.45) is 0.0798. The van der Waals surface area contributed by atoms with Crippen LogP contribution in [0.25, 0.3) is 21.7 Å². The molecule has 0 radical (unpaired) electrons. The summed E-state index contributed by atoms with van der Waals surface area (Å²) < 4.78 is 39.1. The van der Waals surface area contributed by atoms with Gasteiger partial charge in [-0.15, -0.1) is 11.3 Å². The summed E-state index contributed by atoms with van der Waals surface area (Å²) in [5.41, 5.74) is 0.794. The Bertz CT molecular complexity index is 1210. The number of fused-ring (bicyclic) bond motifs is 2. The van der Waals surface area contributed by atoms with Crippen molar-refractivity contribution in [1.29, 1.82) is 0 Å². The fraction of sp³-hybridized carbons (Fsp3) is 0.333. The van der Waals surface area contributed by atoms with E-state index in [1.54, 1.807) is 18.2 Å². The lowest BCUT2D eigenvalue weighted by Crippen LogP contribution is -2.38. The maximum absolute atomic E-state index is 13.1. The Morgan fingerprint density at radius 1 is 1.06 bits per heavy atom. The SMILES string of the molecule is O=C(NC1CC2CCC1C2)c1nc(-c2ccc(Cl)cc2Cl)c(-c2ccc(C(F)(F)F)cc2)s1. The van der Waals surface area contributed by atoms with E-state index in [1.807, 2.05) is 0 Å². The van der Waals surface area contributed by atoms with Gasteiger partial charge in [0.2, 0.25) is 0 Å². The number of carbonyl (C=O) groups is 1. The first-order valence-electron chi connectivity index (χ1n) is 10.6. The Morgan fingerprint density at radius 3 is 2.42 bits per heavy atom. The van der Waals surface area contributed by atoms with Gasteiger partial charge in [0, 0.05) is 16.6 Å². The standard InChI is InChI=1S/C24H19Cl2F3N2OS/c25-16-7-8-17(18(26)11-16)20-21(13-3-5-15(6-4-13)24(27,28)29)33-23(31-20)22(32)30-19-10-12-1-2-14(19)9-12/h3-8,11-12,14,19H,1-2,9-10H2,(H,30,32). The fourth-order valence-corrected chi connectivity index (χ4v) is 6.43. The second-order valence-electron chi connectivity index (χ2n) is 8.65. The Balaban J connectivity index is 1.52. The predicted octanol–water partition coefficient (Wildman–Crippen LogP) is 7.72. The molecule has 0 aliphatic heterocycles. The summed E-state index contributed by atoms with van der Waals surface area (Å²) in [6, 6.07) is 9.91. The highest BCUT2D eigenvalue weighted by atomic mass is 35.5. The van der Waals surface area contributed by atoms with Crippen LogP contribution >= 0.6 is 34.5 Å². The third-order valence-corrected chi connectivity index (χ3v) is 8.19. The van der Waals surface area contributed by atoms with E-state index in [0.717, 1.165) is 42.7 Å². The minimum atomic E-state index is -4.43. The first-order valence-corrected chi connectivity index (χ1v) is 12.2. The van der Waals surface area contributed by atoms with Gasteiger partial charge in [-0.05, 0) is 67.0 Å². The van der Waals surface area contributed by atoms with E-state index in [1.165, 1.54) is 18.6 Å². The van der Waals surface area contributed by atoms with E-state index >= 15 is 0 Å². The Hall–Kier alpha value is -2.09. The summed E-state index contributed by atoms with van der Waals surface area (Å²) >= 11 is 13.6. The molecule has 1 aromatic heterocycles. The van der Waals surface area contributed by atoms with Gasteiger partial charge in [-0.2, -0.15) is 13.2 Å². The molecular weight excluding hydrogens is 492 g/mol. The van der Waals surface area contributed by atoms with Crippen LogP contribution in [0.4, 0.5) is 13.2 Å². The molecule has 172 valence electrons. The molecule has 9 heteroatoms. The van der Waals surface area contributed by atoms with Crippen molar-refractivity contribution >= 4 is 40.4 Å². The van der Waals surface area contributed by atoms with Gasteiger partial charge in [-0.1, -0.05) is 41.8 Å². The number of nitrogens with one attached hydrogen (secondary N) is 1. The lowest BCUT2D eigenvalue weighted by Gasteiger charge is -2.22. The maximum Gasteiger partial charge on any atom is 0.416 e. The van der Waals surface area contributed by atoms with Crippen LogP contribution in [0.1, 0.15) is 41.0 Å². The number of nitrogens with zero attached hydrogens (tertiary/aromatic N) is 1. The molecule has 0 saturated heterocycles. The van der Waals surface area contributed by atoms with E-state index in [9.17, 15) is 18.0 Å². The molecule has 3 nitrogen and oxygen atoms in total. The molecule has 0 spiro atoms. The summed E-state index contributed by atoms with van der Waals surface area (Å²) in [5, 5.41) is 4.18. The van der Waals surface area contributed by atoms with E-state index in [2.05, 4.69) is 10.3 Å². The minimum absolute atomic E-state index is 0.150. The quantitative estimate of drug-likeness (QED) is 0.390. The van der Waals surface area contributed by atoms with Crippen molar-refractivity contribution in [3.63, 3.8) is 0 Å². The summed E-state index contributed by atoms with van der Waals surface area (Å²) in [5.74, 6) is 0.934. The zero-order valence-electron chi connectivity index (χ0n) is 17.3. The van der Waals surface area contributed by atoms with Crippen molar-refractivity contribution in [1.82, 2.24) is 10.3 Å². The topological polar surface area (TPSA) is 42.0 Å². The fourth-order valence-electron chi connectivity index (χ4n) is 4.94. The summed E-state index contributed by atoms with van der Waals surface area (Å²) in [4.78, 5) is 18.2. The molecule has 3 atom stereocenters. The molecule has 2 bridgehead atoms. The van der Waals surface area contributed by atoms with Crippen LogP contribution < -0.4 is 5.32 Å². The second-order valence-corrected chi connectivity index (χ2v) is 10.5. The molecule has 2 fully saturated rings. The highest BCUT2D eigenvalue weighted by Crippen LogP contribution is 2.45. The molecular formula is C24H19Cl2F3N2OS. The van der Waals surface area contributed by atoms with Gasteiger partial charge < -0.3 is 5.32 Å². The monoisotopic (exact) mass is 510 g/mol. The number of halogens is 5. The number of amides is 1. The zero-order valence-corrected chi connectivity index (χ0v) is 19.6. The molecule has 1 amide bonds. The molecule has 1 N–H and O–H groups in total. The predicted molar refractivity (Wildman–Crippen MR) is 125 cm³/mol. The Labute approximate surface area is 202 Å². The van der Waals surface area contributed by atoms with Crippen molar-refractivity contribution in [2.45, 2.75) is 37.9 Å². The molecule has 2 aliphatic rings. The third-order valence-electron chi connectivity index (χ3n) is 6.54.